The molecule has 1 aromatic rings. The normalized spacial score (nSPS) is 14.3. The quantitative estimate of drug-likeness (QED) is 0.771. The number of anilines is 1. The first-order chi connectivity index (χ1) is 9.19. The summed E-state index contributed by atoms with van der Waals surface area (Å²) in [6.45, 7) is 2.78. The molecule has 1 aliphatic carbocycles. The summed E-state index contributed by atoms with van der Waals surface area (Å²) >= 11 is 0. The fourth-order valence-corrected chi connectivity index (χ4v) is 2.30. The van der Waals surface area contributed by atoms with Crippen LogP contribution in [-0.4, -0.2) is 22.6 Å². The van der Waals surface area contributed by atoms with E-state index >= 15 is 0 Å². The molecule has 0 unspecified atom stereocenters. The molecule has 2 N–H and O–H groups in total. The second-order valence-corrected chi connectivity index (χ2v) is 4.82. The number of aromatic carboxylic acids is 1. The Morgan fingerprint density at radius 3 is 2.95 bits per heavy atom. The fourth-order valence-electron chi connectivity index (χ4n) is 2.30. The van der Waals surface area contributed by atoms with Crippen LogP contribution in [0.5, 0.6) is 0 Å². The van der Waals surface area contributed by atoms with Gasteiger partial charge in [-0.2, -0.15) is 0 Å². The minimum atomic E-state index is -0.904. The van der Waals surface area contributed by atoms with Crippen molar-refractivity contribution in [1.29, 1.82) is 0 Å². The second kappa shape index (κ2) is 6.36. The van der Waals surface area contributed by atoms with Crippen LogP contribution in [0.15, 0.2) is 23.8 Å². The maximum Gasteiger partial charge on any atom is 0.335 e. The third-order valence-electron chi connectivity index (χ3n) is 3.37. The highest BCUT2D eigenvalue weighted by atomic mass is 16.4. The SMILES string of the molecule is CCc1cc(C(=O)O)cc(NCCC2=CCCC2)n1. The maximum absolute atomic E-state index is 11.0. The number of nitrogens with zero attached hydrogens (tertiary/aromatic N) is 1. The third kappa shape index (κ3) is 3.81. The van der Waals surface area contributed by atoms with Crippen LogP contribution in [-0.2, 0) is 6.42 Å². The van der Waals surface area contributed by atoms with Gasteiger partial charge in [0.1, 0.15) is 5.82 Å². The molecule has 1 aromatic heterocycles. The van der Waals surface area contributed by atoms with E-state index in [0.29, 0.717) is 11.4 Å². The van der Waals surface area contributed by atoms with Crippen molar-refractivity contribution in [2.75, 3.05) is 11.9 Å². The van der Waals surface area contributed by atoms with Gasteiger partial charge in [0, 0.05) is 12.2 Å². The summed E-state index contributed by atoms with van der Waals surface area (Å²) < 4.78 is 0. The molecule has 1 aliphatic rings. The molecule has 0 spiro atoms. The summed E-state index contributed by atoms with van der Waals surface area (Å²) in [5, 5.41) is 12.3. The van der Waals surface area contributed by atoms with Crippen molar-refractivity contribution in [3.63, 3.8) is 0 Å². The highest BCUT2D eigenvalue weighted by Gasteiger charge is 2.08. The van der Waals surface area contributed by atoms with Gasteiger partial charge in [-0.25, -0.2) is 9.78 Å². The smallest absolute Gasteiger partial charge is 0.335 e. The molecule has 0 aromatic carbocycles. The summed E-state index contributed by atoms with van der Waals surface area (Å²) in [7, 11) is 0. The van der Waals surface area contributed by atoms with Crippen molar-refractivity contribution in [3.8, 4) is 0 Å². The lowest BCUT2D eigenvalue weighted by Crippen LogP contribution is -2.08. The highest BCUT2D eigenvalue weighted by Crippen LogP contribution is 2.20. The maximum atomic E-state index is 11.0. The lowest BCUT2D eigenvalue weighted by molar-refractivity contribution is 0.0696. The van der Waals surface area contributed by atoms with Gasteiger partial charge in [-0.1, -0.05) is 18.6 Å². The Morgan fingerprint density at radius 2 is 2.32 bits per heavy atom. The zero-order valence-corrected chi connectivity index (χ0v) is 11.3. The van der Waals surface area contributed by atoms with Gasteiger partial charge in [0.25, 0.3) is 0 Å². The van der Waals surface area contributed by atoms with Crippen LogP contribution in [0.2, 0.25) is 0 Å². The monoisotopic (exact) mass is 260 g/mol. The summed E-state index contributed by atoms with van der Waals surface area (Å²) in [4.78, 5) is 15.4. The van der Waals surface area contributed by atoms with Crippen LogP contribution in [0.4, 0.5) is 5.82 Å². The first-order valence-corrected chi connectivity index (χ1v) is 6.85. The van der Waals surface area contributed by atoms with Gasteiger partial charge in [0.2, 0.25) is 0 Å². The Hall–Kier alpha value is -1.84. The zero-order valence-electron chi connectivity index (χ0n) is 11.3. The Balaban J connectivity index is 1.98. The predicted molar refractivity (Wildman–Crippen MR) is 75.6 cm³/mol. The molecule has 0 fully saturated rings. The standard InChI is InChI=1S/C15H20N2O2/c1-2-13-9-12(15(18)19)10-14(17-13)16-8-7-11-5-3-4-6-11/h5,9-10H,2-4,6-8H2,1H3,(H,16,17)(H,18,19). The minimum absolute atomic E-state index is 0.300. The first-order valence-electron chi connectivity index (χ1n) is 6.85. The molecule has 0 amide bonds. The summed E-state index contributed by atoms with van der Waals surface area (Å²) in [6, 6.07) is 3.23. The van der Waals surface area contributed by atoms with Crippen LogP contribution in [0, 0.1) is 0 Å². The van der Waals surface area contributed by atoms with Crippen LogP contribution >= 0.6 is 0 Å². The van der Waals surface area contributed by atoms with E-state index in [1.807, 2.05) is 6.92 Å². The van der Waals surface area contributed by atoms with E-state index in [-0.39, 0.29) is 0 Å². The highest BCUT2D eigenvalue weighted by molar-refractivity contribution is 5.88. The molecular formula is C15H20N2O2. The number of allylic oxidation sites excluding steroid dienone is 1. The molecule has 4 heteroatoms. The van der Waals surface area contributed by atoms with Crippen LogP contribution < -0.4 is 5.32 Å². The molecule has 0 atom stereocenters. The van der Waals surface area contributed by atoms with Gasteiger partial charge >= 0.3 is 5.97 Å². The number of pyridine rings is 1. The van der Waals surface area contributed by atoms with Crippen molar-refractivity contribution in [2.24, 2.45) is 0 Å². The molecule has 0 bridgehead atoms. The third-order valence-corrected chi connectivity index (χ3v) is 3.37. The number of aromatic nitrogens is 1. The fraction of sp³-hybridized carbons (Fsp3) is 0.467. The molecule has 0 saturated heterocycles. The van der Waals surface area contributed by atoms with Crippen LogP contribution in [0.3, 0.4) is 0 Å². The zero-order chi connectivity index (χ0) is 13.7. The Morgan fingerprint density at radius 1 is 1.47 bits per heavy atom. The first kappa shape index (κ1) is 13.6. The molecule has 19 heavy (non-hydrogen) atoms. The molecule has 0 radical (unpaired) electrons. The van der Waals surface area contributed by atoms with E-state index in [1.165, 1.54) is 24.8 Å². The van der Waals surface area contributed by atoms with E-state index in [4.69, 9.17) is 5.11 Å². The van der Waals surface area contributed by atoms with Gasteiger partial charge in [0.05, 0.1) is 5.56 Å². The van der Waals surface area contributed by atoms with Crippen LogP contribution in [0.25, 0.3) is 0 Å². The lowest BCUT2D eigenvalue weighted by Gasteiger charge is -2.09. The summed E-state index contributed by atoms with van der Waals surface area (Å²) in [6.07, 6.45) is 7.72. The van der Waals surface area contributed by atoms with Crippen molar-refractivity contribution < 1.29 is 9.90 Å². The van der Waals surface area contributed by atoms with Crippen molar-refractivity contribution in [2.45, 2.75) is 39.0 Å². The van der Waals surface area contributed by atoms with Crippen molar-refractivity contribution in [1.82, 2.24) is 4.98 Å². The summed E-state index contributed by atoms with van der Waals surface area (Å²) in [5.74, 6) is -0.242. The summed E-state index contributed by atoms with van der Waals surface area (Å²) in [5.41, 5.74) is 2.61. The van der Waals surface area contributed by atoms with Gasteiger partial charge in [-0.3, -0.25) is 0 Å². The number of rotatable bonds is 6. The van der Waals surface area contributed by atoms with E-state index < -0.39 is 5.97 Å². The van der Waals surface area contributed by atoms with Gasteiger partial charge in [-0.15, -0.1) is 0 Å². The van der Waals surface area contributed by atoms with Crippen molar-refractivity contribution in [3.05, 3.63) is 35.0 Å². The average molecular weight is 260 g/mol. The second-order valence-electron chi connectivity index (χ2n) is 4.82. The largest absolute Gasteiger partial charge is 0.478 e. The van der Waals surface area contributed by atoms with E-state index in [0.717, 1.165) is 25.1 Å². The van der Waals surface area contributed by atoms with Gasteiger partial charge in [-0.05, 0) is 44.2 Å². The Kier molecular flexibility index (Phi) is 4.55. The number of hydrogen-bond donors (Lipinski definition) is 2. The molecule has 0 saturated carbocycles. The minimum Gasteiger partial charge on any atom is -0.478 e. The van der Waals surface area contributed by atoms with Crippen molar-refractivity contribution >= 4 is 11.8 Å². The molecule has 102 valence electrons. The predicted octanol–water partition coefficient (Wildman–Crippen LogP) is 3.25. The van der Waals surface area contributed by atoms with E-state index in [1.54, 1.807) is 12.1 Å². The molecule has 0 aliphatic heterocycles. The topological polar surface area (TPSA) is 62.2 Å². The van der Waals surface area contributed by atoms with E-state index in [2.05, 4.69) is 16.4 Å². The van der Waals surface area contributed by atoms with Gasteiger partial charge in [0.15, 0.2) is 0 Å². The molecule has 2 rings (SSSR count). The number of nitrogens with one attached hydrogen (secondary N) is 1. The lowest BCUT2D eigenvalue weighted by atomic mass is 10.1. The average Bonchev–Trinajstić information content (AvgIpc) is 2.91. The number of carbonyl (C=O) groups is 1. The van der Waals surface area contributed by atoms with E-state index in [9.17, 15) is 4.79 Å². The molecule has 1 heterocycles. The van der Waals surface area contributed by atoms with Gasteiger partial charge < -0.3 is 10.4 Å². The number of aryl methyl sites for hydroxylation is 1. The molecule has 4 nitrogen and oxygen atoms in total. The molecular weight excluding hydrogens is 240 g/mol. The van der Waals surface area contributed by atoms with Crippen LogP contribution in [0.1, 0.15) is 48.7 Å². The number of hydrogen-bond acceptors (Lipinski definition) is 3. The number of carboxylic acid groups (broad SMARTS) is 1. The number of carboxylic acids is 1. The Labute approximate surface area is 113 Å². The Bertz CT molecular complexity index is 495.